The fraction of sp³-hybridized carbons (Fsp3) is 0.300. The molecule has 5 heteroatoms. The van der Waals surface area contributed by atoms with Gasteiger partial charge in [0.25, 0.3) is 0 Å². The Bertz CT molecular complexity index is 390. The first kappa shape index (κ1) is 9.89. The van der Waals surface area contributed by atoms with Crippen molar-refractivity contribution < 1.29 is 8.78 Å². The molecule has 1 aliphatic rings. The number of aliphatic imine (C=N–C) groups is 1. The van der Waals surface area contributed by atoms with Gasteiger partial charge in [-0.3, -0.25) is 4.99 Å². The predicted molar refractivity (Wildman–Crippen MR) is 53.5 cm³/mol. The van der Waals surface area contributed by atoms with E-state index < -0.39 is 11.6 Å². The van der Waals surface area contributed by atoms with E-state index in [2.05, 4.69) is 15.6 Å². The molecule has 0 fully saturated rings. The van der Waals surface area contributed by atoms with Crippen molar-refractivity contribution in [2.24, 2.45) is 4.99 Å². The Morgan fingerprint density at radius 1 is 1.33 bits per heavy atom. The second kappa shape index (κ2) is 4.25. The van der Waals surface area contributed by atoms with Crippen LogP contribution in [0.4, 0.5) is 8.78 Å². The Morgan fingerprint density at radius 3 is 2.87 bits per heavy atom. The van der Waals surface area contributed by atoms with Gasteiger partial charge in [0, 0.05) is 13.1 Å². The van der Waals surface area contributed by atoms with E-state index in [0.717, 1.165) is 19.2 Å². The van der Waals surface area contributed by atoms with Crippen LogP contribution in [-0.4, -0.2) is 19.0 Å². The number of halogens is 2. The van der Waals surface area contributed by atoms with Gasteiger partial charge in [-0.1, -0.05) is 6.07 Å². The average Bonchev–Trinajstić information content (AvgIpc) is 2.73. The molecule has 0 spiro atoms. The van der Waals surface area contributed by atoms with Crippen molar-refractivity contribution in [3.05, 3.63) is 35.4 Å². The monoisotopic (exact) mass is 211 g/mol. The molecule has 0 radical (unpaired) electrons. The van der Waals surface area contributed by atoms with Crippen LogP contribution in [0.3, 0.4) is 0 Å². The Kier molecular flexibility index (Phi) is 2.80. The molecule has 0 unspecified atom stereocenters. The zero-order chi connectivity index (χ0) is 10.7. The van der Waals surface area contributed by atoms with E-state index in [9.17, 15) is 8.78 Å². The highest BCUT2D eigenvalue weighted by molar-refractivity contribution is 5.81. The van der Waals surface area contributed by atoms with Gasteiger partial charge in [-0.15, -0.1) is 0 Å². The van der Waals surface area contributed by atoms with E-state index >= 15 is 0 Å². The molecule has 3 nitrogen and oxygen atoms in total. The minimum atomic E-state index is -0.824. The standard InChI is InChI=1S/C10H11F2N3/c11-8-2-1-7(5-9(8)12)6-15-10-13-3-4-14-10/h1-2,5H,3-4,6H2,(H2,13,14,15). The molecule has 0 aromatic heterocycles. The lowest BCUT2D eigenvalue weighted by molar-refractivity contribution is 0.507. The third kappa shape index (κ3) is 2.43. The van der Waals surface area contributed by atoms with E-state index in [-0.39, 0.29) is 0 Å². The molecule has 0 aliphatic carbocycles. The molecule has 1 heterocycles. The van der Waals surface area contributed by atoms with Gasteiger partial charge in [-0.25, -0.2) is 8.78 Å². The van der Waals surface area contributed by atoms with Gasteiger partial charge in [0.15, 0.2) is 17.6 Å². The van der Waals surface area contributed by atoms with E-state index in [0.29, 0.717) is 18.1 Å². The van der Waals surface area contributed by atoms with Gasteiger partial charge in [-0.05, 0) is 17.7 Å². The quantitative estimate of drug-likeness (QED) is 0.766. The lowest BCUT2D eigenvalue weighted by atomic mass is 10.2. The number of rotatable bonds is 2. The van der Waals surface area contributed by atoms with Gasteiger partial charge in [-0.2, -0.15) is 0 Å². The minimum absolute atomic E-state index is 0.434. The van der Waals surface area contributed by atoms with Gasteiger partial charge >= 0.3 is 0 Å². The number of nitrogens with one attached hydrogen (secondary N) is 2. The Hall–Kier alpha value is -1.65. The molecule has 0 saturated heterocycles. The molecule has 1 aromatic carbocycles. The molecule has 2 rings (SSSR count). The SMILES string of the molecule is Fc1ccc(CNC2=NCCN2)cc1F. The summed E-state index contributed by atoms with van der Waals surface area (Å²) in [5.41, 5.74) is 0.685. The number of hydrogen-bond acceptors (Lipinski definition) is 3. The van der Waals surface area contributed by atoms with E-state index in [4.69, 9.17) is 0 Å². The summed E-state index contributed by atoms with van der Waals surface area (Å²) < 4.78 is 25.4. The third-order valence-corrected chi connectivity index (χ3v) is 2.12. The summed E-state index contributed by atoms with van der Waals surface area (Å²) in [6.07, 6.45) is 0. The summed E-state index contributed by atoms with van der Waals surface area (Å²) >= 11 is 0. The van der Waals surface area contributed by atoms with Gasteiger partial charge in [0.2, 0.25) is 0 Å². The van der Waals surface area contributed by atoms with Crippen molar-refractivity contribution >= 4 is 5.96 Å². The zero-order valence-electron chi connectivity index (χ0n) is 8.06. The maximum atomic E-state index is 12.8. The summed E-state index contributed by atoms with van der Waals surface area (Å²) in [5.74, 6) is -0.939. The Balaban J connectivity index is 1.96. The van der Waals surface area contributed by atoms with Gasteiger partial charge < -0.3 is 10.6 Å². The van der Waals surface area contributed by atoms with E-state index in [1.54, 1.807) is 6.07 Å². The highest BCUT2D eigenvalue weighted by Crippen LogP contribution is 2.08. The summed E-state index contributed by atoms with van der Waals surface area (Å²) in [6, 6.07) is 3.84. The molecule has 0 amide bonds. The summed E-state index contributed by atoms with van der Waals surface area (Å²) in [4.78, 5) is 4.12. The fourth-order valence-corrected chi connectivity index (χ4v) is 1.35. The van der Waals surface area contributed by atoms with Crippen LogP contribution in [0.1, 0.15) is 5.56 Å². The Morgan fingerprint density at radius 2 is 2.20 bits per heavy atom. The third-order valence-electron chi connectivity index (χ3n) is 2.12. The van der Waals surface area contributed by atoms with Gasteiger partial charge in [0.05, 0.1) is 6.54 Å². The lowest BCUT2D eigenvalue weighted by Gasteiger charge is -2.06. The molecular weight excluding hydrogens is 200 g/mol. The first-order chi connectivity index (χ1) is 7.25. The van der Waals surface area contributed by atoms with Crippen LogP contribution < -0.4 is 10.6 Å². The van der Waals surface area contributed by atoms with Crippen molar-refractivity contribution in [3.8, 4) is 0 Å². The average molecular weight is 211 g/mol. The maximum absolute atomic E-state index is 12.8. The number of benzene rings is 1. The van der Waals surface area contributed by atoms with Crippen LogP contribution in [0.25, 0.3) is 0 Å². The molecule has 1 aromatic rings. The number of hydrogen-bond donors (Lipinski definition) is 2. The maximum Gasteiger partial charge on any atom is 0.191 e. The summed E-state index contributed by atoms with van der Waals surface area (Å²) in [7, 11) is 0. The molecule has 15 heavy (non-hydrogen) atoms. The summed E-state index contributed by atoms with van der Waals surface area (Å²) in [5, 5.41) is 6.02. The van der Waals surface area contributed by atoms with Crippen LogP contribution in [0.15, 0.2) is 23.2 Å². The largest absolute Gasteiger partial charge is 0.355 e. The van der Waals surface area contributed by atoms with Gasteiger partial charge in [0.1, 0.15) is 0 Å². The molecular formula is C10H11F2N3. The van der Waals surface area contributed by atoms with Crippen molar-refractivity contribution in [1.82, 2.24) is 10.6 Å². The van der Waals surface area contributed by atoms with E-state index in [1.807, 2.05) is 0 Å². The smallest absolute Gasteiger partial charge is 0.191 e. The van der Waals surface area contributed by atoms with Crippen LogP contribution in [0, 0.1) is 11.6 Å². The first-order valence-electron chi connectivity index (χ1n) is 4.72. The second-order valence-electron chi connectivity index (χ2n) is 3.26. The molecule has 80 valence electrons. The zero-order valence-corrected chi connectivity index (χ0v) is 8.06. The van der Waals surface area contributed by atoms with Crippen molar-refractivity contribution in [1.29, 1.82) is 0 Å². The topological polar surface area (TPSA) is 36.4 Å². The first-order valence-corrected chi connectivity index (χ1v) is 4.72. The van der Waals surface area contributed by atoms with Crippen molar-refractivity contribution in [2.75, 3.05) is 13.1 Å². The minimum Gasteiger partial charge on any atom is -0.355 e. The van der Waals surface area contributed by atoms with Crippen LogP contribution in [-0.2, 0) is 6.54 Å². The number of guanidine groups is 1. The number of nitrogens with zero attached hydrogens (tertiary/aromatic N) is 1. The highest BCUT2D eigenvalue weighted by atomic mass is 19.2. The van der Waals surface area contributed by atoms with Crippen LogP contribution in [0.2, 0.25) is 0 Å². The molecule has 2 N–H and O–H groups in total. The molecule has 0 atom stereocenters. The fourth-order valence-electron chi connectivity index (χ4n) is 1.35. The molecule has 0 bridgehead atoms. The molecule has 1 aliphatic heterocycles. The molecule has 0 saturated carbocycles. The second-order valence-corrected chi connectivity index (χ2v) is 3.26. The van der Waals surface area contributed by atoms with E-state index in [1.165, 1.54) is 6.07 Å². The van der Waals surface area contributed by atoms with Crippen molar-refractivity contribution in [2.45, 2.75) is 6.54 Å². The normalized spacial score (nSPS) is 14.7. The highest BCUT2D eigenvalue weighted by Gasteiger charge is 2.05. The predicted octanol–water partition coefficient (Wildman–Crippen LogP) is 1.01. The van der Waals surface area contributed by atoms with Crippen LogP contribution in [0.5, 0.6) is 0 Å². The van der Waals surface area contributed by atoms with Crippen molar-refractivity contribution in [3.63, 3.8) is 0 Å². The Labute approximate surface area is 86.2 Å². The summed E-state index contributed by atoms with van der Waals surface area (Å²) in [6.45, 7) is 2.00. The van der Waals surface area contributed by atoms with Crippen LogP contribution >= 0.6 is 0 Å². The lowest BCUT2D eigenvalue weighted by Crippen LogP contribution is -2.33.